The number of rotatable bonds is 9. The van der Waals surface area contributed by atoms with Crippen LogP contribution in [0, 0.1) is 6.92 Å². The van der Waals surface area contributed by atoms with Crippen LogP contribution < -0.4 is 15.4 Å². The standard InChI is InChI=1S/C30H30ClN5O2S/c1-4-16-39-30-34-29-32-20(3)26(28(37)33-24-12-8-19(2)9-13-24)27(36(29)35-30)22-10-14-25(15-11-22)38-18-21-6-5-7-23(31)17-21/h5-15,17,27H,4,16,18H2,1-3H3,(H,33,37)(H,32,34,35). The van der Waals surface area contributed by atoms with Crippen molar-refractivity contribution in [3.05, 3.63) is 106 Å². The van der Waals surface area contributed by atoms with Gasteiger partial charge in [-0.25, -0.2) is 4.68 Å². The Morgan fingerprint density at radius 3 is 2.59 bits per heavy atom. The summed E-state index contributed by atoms with van der Waals surface area (Å²) in [6, 6.07) is 22.7. The van der Waals surface area contributed by atoms with E-state index in [1.165, 1.54) is 0 Å². The molecule has 0 saturated carbocycles. The van der Waals surface area contributed by atoms with Gasteiger partial charge in [-0.1, -0.05) is 72.2 Å². The molecule has 0 spiro atoms. The van der Waals surface area contributed by atoms with Crippen molar-refractivity contribution in [2.45, 2.75) is 45.0 Å². The molecule has 2 N–H and O–H groups in total. The van der Waals surface area contributed by atoms with Crippen molar-refractivity contribution in [2.24, 2.45) is 0 Å². The molecule has 200 valence electrons. The van der Waals surface area contributed by atoms with E-state index in [4.69, 9.17) is 26.4 Å². The van der Waals surface area contributed by atoms with Crippen LogP contribution in [0.15, 0.2) is 89.2 Å². The zero-order chi connectivity index (χ0) is 27.4. The number of halogens is 1. The minimum absolute atomic E-state index is 0.195. The minimum Gasteiger partial charge on any atom is -0.489 e. The molecule has 0 saturated heterocycles. The summed E-state index contributed by atoms with van der Waals surface area (Å²) in [5.74, 6) is 2.06. The topological polar surface area (TPSA) is 81.1 Å². The molecule has 1 aromatic heterocycles. The molecule has 1 aliphatic heterocycles. The monoisotopic (exact) mass is 559 g/mol. The van der Waals surface area contributed by atoms with Crippen molar-refractivity contribution >= 4 is 40.9 Å². The van der Waals surface area contributed by atoms with Gasteiger partial charge in [0.05, 0.1) is 5.57 Å². The molecule has 0 fully saturated rings. The van der Waals surface area contributed by atoms with Crippen molar-refractivity contribution < 1.29 is 9.53 Å². The van der Waals surface area contributed by atoms with Crippen LogP contribution in [0.5, 0.6) is 5.75 Å². The van der Waals surface area contributed by atoms with Crippen molar-refractivity contribution in [3.8, 4) is 5.75 Å². The second kappa shape index (κ2) is 12.0. The van der Waals surface area contributed by atoms with Gasteiger partial charge in [0.2, 0.25) is 11.1 Å². The summed E-state index contributed by atoms with van der Waals surface area (Å²) in [6.07, 6.45) is 1.02. The molecule has 2 heterocycles. The molecule has 1 aliphatic rings. The third kappa shape index (κ3) is 6.29. The molecule has 1 unspecified atom stereocenters. The average molecular weight is 560 g/mol. The number of aromatic nitrogens is 3. The largest absolute Gasteiger partial charge is 0.489 e. The van der Waals surface area contributed by atoms with Gasteiger partial charge in [0.1, 0.15) is 18.4 Å². The van der Waals surface area contributed by atoms with Gasteiger partial charge in [-0.15, -0.1) is 5.10 Å². The van der Waals surface area contributed by atoms with E-state index in [-0.39, 0.29) is 5.91 Å². The van der Waals surface area contributed by atoms with E-state index in [0.717, 1.165) is 46.0 Å². The number of allylic oxidation sites excluding steroid dienone is 1. The first-order valence-corrected chi connectivity index (χ1v) is 14.2. The van der Waals surface area contributed by atoms with E-state index >= 15 is 0 Å². The summed E-state index contributed by atoms with van der Waals surface area (Å²) in [7, 11) is 0. The van der Waals surface area contributed by atoms with Gasteiger partial charge in [-0.3, -0.25) is 4.79 Å². The summed E-state index contributed by atoms with van der Waals surface area (Å²) in [4.78, 5) is 18.4. The predicted molar refractivity (Wildman–Crippen MR) is 158 cm³/mol. The highest BCUT2D eigenvalue weighted by atomic mass is 35.5. The number of thioether (sulfide) groups is 1. The minimum atomic E-state index is -0.461. The molecule has 0 radical (unpaired) electrons. The Morgan fingerprint density at radius 1 is 1.10 bits per heavy atom. The summed E-state index contributed by atoms with van der Waals surface area (Å²) in [5.41, 5.74) is 5.06. The number of fused-ring (bicyclic) bond motifs is 1. The van der Waals surface area contributed by atoms with Crippen LogP contribution in [0.3, 0.4) is 0 Å². The Balaban J connectivity index is 1.44. The Hall–Kier alpha value is -3.75. The molecule has 0 bridgehead atoms. The lowest BCUT2D eigenvalue weighted by molar-refractivity contribution is -0.113. The molecule has 7 nitrogen and oxygen atoms in total. The second-order valence-corrected chi connectivity index (χ2v) is 10.9. The highest BCUT2D eigenvalue weighted by molar-refractivity contribution is 7.99. The number of aryl methyl sites for hydroxylation is 1. The first kappa shape index (κ1) is 26.8. The van der Waals surface area contributed by atoms with Crippen LogP contribution >= 0.6 is 23.4 Å². The van der Waals surface area contributed by atoms with E-state index in [0.29, 0.717) is 28.3 Å². The quantitative estimate of drug-likeness (QED) is 0.210. The Bertz CT molecular complexity index is 1500. The highest BCUT2D eigenvalue weighted by Gasteiger charge is 2.34. The third-order valence-corrected chi connectivity index (χ3v) is 7.59. The fourth-order valence-corrected chi connectivity index (χ4v) is 5.26. The van der Waals surface area contributed by atoms with Gasteiger partial charge in [-0.2, -0.15) is 4.98 Å². The van der Waals surface area contributed by atoms with E-state index in [1.54, 1.807) is 16.4 Å². The number of carbonyl (C=O) groups is 1. The molecule has 9 heteroatoms. The number of amides is 1. The zero-order valence-electron chi connectivity index (χ0n) is 22.1. The third-order valence-electron chi connectivity index (χ3n) is 6.31. The van der Waals surface area contributed by atoms with Gasteiger partial charge >= 0.3 is 0 Å². The van der Waals surface area contributed by atoms with Gasteiger partial charge in [0, 0.05) is 22.2 Å². The number of nitrogens with one attached hydrogen (secondary N) is 2. The van der Waals surface area contributed by atoms with Crippen molar-refractivity contribution in [1.29, 1.82) is 0 Å². The lowest BCUT2D eigenvalue weighted by atomic mass is 9.95. The van der Waals surface area contributed by atoms with Crippen molar-refractivity contribution in [2.75, 3.05) is 16.4 Å². The van der Waals surface area contributed by atoms with Crippen LogP contribution in [0.25, 0.3) is 0 Å². The number of ether oxygens (including phenoxy) is 1. The summed E-state index contributed by atoms with van der Waals surface area (Å²) >= 11 is 7.70. The smallest absolute Gasteiger partial charge is 0.255 e. The maximum absolute atomic E-state index is 13.7. The Kier molecular flexibility index (Phi) is 8.24. The van der Waals surface area contributed by atoms with E-state index < -0.39 is 6.04 Å². The van der Waals surface area contributed by atoms with Crippen LogP contribution in [-0.2, 0) is 11.4 Å². The SMILES string of the molecule is CCCSc1nc2n(n1)C(c1ccc(OCc3cccc(Cl)c3)cc1)C(C(=O)Nc1ccc(C)cc1)=C(C)N2. The van der Waals surface area contributed by atoms with Gasteiger partial charge in [0.15, 0.2) is 0 Å². The molecule has 0 aliphatic carbocycles. The van der Waals surface area contributed by atoms with E-state index in [2.05, 4.69) is 17.6 Å². The first-order chi connectivity index (χ1) is 18.9. The first-order valence-electron chi connectivity index (χ1n) is 12.8. The molecule has 3 aromatic carbocycles. The number of hydrogen-bond acceptors (Lipinski definition) is 6. The lowest BCUT2D eigenvalue weighted by Gasteiger charge is -2.28. The number of carbonyl (C=O) groups excluding carboxylic acids is 1. The summed E-state index contributed by atoms with van der Waals surface area (Å²) < 4.78 is 7.79. The van der Waals surface area contributed by atoms with Crippen molar-refractivity contribution in [3.63, 3.8) is 0 Å². The van der Waals surface area contributed by atoms with Crippen LogP contribution in [-0.4, -0.2) is 26.4 Å². The fraction of sp³-hybridized carbons (Fsp3) is 0.233. The molecule has 39 heavy (non-hydrogen) atoms. The maximum atomic E-state index is 13.7. The Morgan fingerprint density at radius 2 is 1.87 bits per heavy atom. The molecule has 1 amide bonds. The zero-order valence-corrected chi connectivity index (χ0v) is 23.6. The lowest BCUT2D eigenvalue weighted by Crippen LogP contribution is -2.31. The van der Waals surface area contributed by atoms with Crippen LogP contribution in [0.4, 0.5) is 11.6 Å². The van der Waals surface area contributed by atoms with E-state index in [1.807, 2.05) is 86.6 Å². The van der Waals surface area contributed by atoms with Crippen LogP contribution in [0.2, 0.25) is 5.02 Å². The normalized spacial score (nSPS) is 14.5. The molecule has 4 aromatic rings. The number of nitrogens with zero attached hydrogens (tertiary/aromatic N) is 3. The fourth-order valence-electron chi connectivity index (χ4n) is 4.36. The highest BCUT2D eigenvalue weighted by Crippen LogP contribution is 2.37. The molecule has 1 atom stereocenters. The number of hydrogen-bond donors (Lipinski definition) is 2. The van der Waals surface area contributed by atoms with Gasteiger partial charge < -0.3 is 15.4 Å². The molecular formula is C30H30ClN5O2S. The van der Waals surface area contributed by atoms with E-state index in [9.17, 15) is 4.79 Å². The number of anilines is 2. The van der Waals surface area contributed by atoms with Crippen LogP contribution in [0.1, 0.15) is 43.0 Å². The number of benzene rings is 3. The average Bonchev–Trinajstić information content (AvgIpc) is 3.34. The molecular weight excluding hydrogens is 530 g/mol. The Labute approximate surface area is 237 Å². The van der Waals surface area contributed by atoms with Gasteiger partial charge in [-0.05, 0) is 67.8 Å². The maximum Gasteiger partial charge on any atom is 0.255 e. The predicted octanol–water partition coefficient (Wildman–Crippen LogP) is 7.25. The molecule has 5 rings (SSSR count). The summed E-state index contributed by atoms with van der Waals surface area (Å²) in [6.45, 7) is 6.44. The second-order valence-electron chi connectivity index (χ2n) is 9.39. The summed E-state index contributed by atoms with van der Waals surface area (Å²) in [5, 5.41) is 12.5. The van der Waals surface area contributed by atoms with Crippen molar-refractivity contribution in [1.82, 2.24) is 14.8 Å². The van der Waals surface area contributed by atoms with Gasteiger partial charge in [0.25, 0.3) is 5.91 Å².